The Morgan fingerprint density at radius 3 is 2.03 bits per heavy atom. The molecule has 4 N–H and O–H groups in total. The third-order valence-corrected chi connectivity index (χ3v) is 12.1. The number of fused-ring (bicyclic) bond motifs is 1. The fraction of sp³-hybridized carbons (Fsp3) is 0.423. The number of aromatic nitrogens is 3. The lowest BCUT2D eigenvalue weighted by molar-refractivity contribution is -0.157. The molecule has 5 rings (SSSR count). The van der Waals surface area contributed by atoms with Crippen LogP contribution in [0, 0.1) is 11.7 Å². The van der Waals surface area contributed by atoms with Crippen molar-refractivity contribution in [3.8, 4) is 16.9 Å². The molecular formula is C52H65FN8O13S. The first-order valence-electron chi connectivity index (χ1n) is 23.9. The molecule has 3 atom stereocenters. The van der Waals surface area contributed by atoms with Gasteiger partial charge < -0.3 is 45.0 Å². The topological polar surface area (TPSA) is 264 Å². The standard InChI is InChI=1S/C52H65FN8O13S/c1-31(2)43(58-45(63)39(56-49(66)74-52(7,8)9)14-12-13-27-54-48(65)73-51(4,5)6)46(64)71-30-72-50(67)61(40-25-24-38(75(11,68)69)28-41(40)70-10)47-57-42-26-19-35(29-60(42)59-47)34-17-22-37(23-18-34)55-44(62)32(3)33-15-20-36(53)21-16-33/h15-26,28-29,31-32,39,43H,12-14,27,30H2,1-11H3,(H,54,65)(H,55,62)(H,56,66)(H,58,63)/t32-,39+,43+/m1/s1. The quantitative estimate of drug-likeness (QED) is 0.0248. The number of pyridine rings is 1. The van der Waals surface area contributed by atoms with Gasteiger partial charge in [-0.25, -0.2) is 41.4 Å². The Morgan fingerprint density at radius 2 is 1.41 bits per heavy atom. The van der Waals surface area contributed by atoms with Crippen LogP contribution in [0.1, 0.15) is 93.1 Å². The summed E-state index contributed by atoms with van der Waals surface area (Å²) in [5, 5.41) is 15.2. The van der Waals surface area contributed by atoms with Crippen LogP contribution in [-0.4, -0.2) is 109 Å². The highest BCUT2D eigenvalue weighted by Gasteiger charge is 2.33. The molecule has 21 nitrogen and oxygen atoms in total. The molecule has 75 heavy (non-hydrogen) atoms. The second kappa shape index (κ2) is 24.9. The van der Waals surface area contributed by atoms with Gasteiger partial charge >= 0.3 is 24.2 Å². The summed E-state index contributed by atoms with van der Waals surface area (Å²) in [7, 11) is -2.47. The molecule has 0 saturated carbocycles. The third kappa shape index (κ3) is 17.1. The van der Waals surface area contributed by atoms with Gasteiger partial charge in [0.15, 0.2) is 15.5 Å². The number of hydrogen-bond acceptors (Lipinski definition) is 15. The number of rotatable bonds is 20. The molecule has 23 heteroatoms. The first kappa shape index (κ1) is 58.1. The van der Waals surface area contributed by atoms with Crippen LogP contribution in [0.25, 0.3) is 16.8 Å². The van der Waals surface area contributed by atoms with E-state index in [2.05, 4.69) is 31.3 Å². The highest BCUT2D eigenvalue weighted by atomic mass is 32.2. The Hall–Kier alpha value is -7.82. The van der Waals surface area contributed by atoms with Crippen molar-refractivity contribution >= 4 is 68.9 Å². The Bertz CT molecular complexity index is 2950. The minimum Gasteiger partial charge on any atom is -0.495 e. The minimum atomic E-state index is -3.74. The van der Waals surface area contributed by atoms with Gasteiger partial charge in [-0.3, -0.25) is 9.59 Å². The predicted molar refractivity (Wildman–Crippen MR) is 276 cm³/mol. The summed E-state index contributed by atoms with van der Waals surface area (Å²) in [5.41, 5.74) is 1.23. The van der Waals surface area contributed by atoms with Crippen molar-refractivity contribution in [2.45, 2.75) is 116 Å². The van der Waals surface area contributed by atoms with Crippen LogP contribution < -0.4 is 30.9 Å². The lowest BCUT2D eigenvalue weighted by Crippen LogP contribution is -2.54. The van der Waals surface area contributed by atoms with E-state index in [0.717, 1.165) is 16.7 Å². The summed E-state index contributed by atoms with van der Waals surface area (Å²) in [6.07, 6.45) is 0.854. The van der Waals surface area contributed by atoms with Gasteiger partial charge in [-0.1, -0.05) is 38.1 Å². The molecule has 2 aromatic heterocycles. The number of hydrogen-bond donors (Lipinski definition) is 4. The summed E-state index contributed by atoms with van der Waals surface area (Å²) < 4.78 is 66.9. The number of amides is 5. The van der Waals surface area contributed by atoms with Gasteiger partial charge in [0.2, 0.25) is 18.6 Å². The van der Waals surface area contributed by atoms with E-state index in [0.29, 0.717) is 29.7 Å². The Kier molecular flexibility index (Phi) is 19.3. The smallest absolute Gasteiger partial charge is 0.424 e. The van der Waals surface area contributed by atoms with E-state index in [1.165, 1.54) is 42.0 Å². The fourth-order valence-electron chi connectivity index (χ4n) is 7.14. The van der Waals surface area contributed by atoms with Crippen molar-refractivity contribution < 1.29 is 65.3 Å². The van der Waals surface area contributed by atoms with Crippen LogP contribution in [0.15, 0.2) is 90.0 Å². The molecule has 0 unspecified atom stereocenters. The highest BCUT2D eigenvalue weighted by molar-refractivity contribution is 7.90. The first-order valence-corrected chi connectivity index (χ1v) is 25.8. The summed E-state index contributed by atoms with van der Waals surface area (Å²) in [6, 6.07) is 17.4. The van der Waals surface area contributed by atoms with Gasteiger partial charge in [0.25, 0.3) is 5.95 Å². The number of methoxy groups -OCH3 is 1. The normalized spacial score (nSPS) is 12.9. The van der Waals surface area contributed by atoms with Crippen LogP contribution in [0.3, 0.4) is 0 Å². The van der Waals surface area contributed by atoms with E-state index in [4.69, 9.17) is 23.7 Å². The minimum absolute atomic E-state index is 0.0415. The number of nitrogens with zero attached hydrogens (tertiary/aromatic N) is 4. The summed E-state index contributed by atoms with van der Waals surface area (Å²) in [4.78, 5) is 84.8. The van der Waals surface area contributed by atoms with Crippen LogP contribution >= 0.6 is 0 Å². The van der Waals surface area contributed by atoms with E-state index in [1.807, 2.05) is 0 Å². The Morgan fingerprint density at radius 1 is 0.773 bits per heavy atom. The number of unbranched alkanes of at least 4 members (excludes halogenated alkanes) is 1. The number of carbonyl (C=O) groups is 6. The summed E-state index contributed by atoms with van der Waals surface area (Å²) in [6.45, 7) is 14.4. The van der Waals surface area contributed by atoms with Gasteiger partial charge in [-0.2, -0.15) is 4.98 Å². The van der Waals surface area contributed by atoms with Gasteiger partial charge in [0, 0.05) is 36.3 Å². The zero-order chi connectivity index (χ0) is 55.4. The Labute approximate surface area is 435 Å². The Balaban J connectivity index is 1.32. The molecule has 3 aromatic carbocycles. The maximum Gasteiger partial charge on any atom is 0.424 e. The molecule has 0 saturated heterocycles. The molecule has 0 fully saturated rings. The van der Waals surface area contributed by atoms with E-state index in [-0.39, 0.29) is 46.8 Å². The second-order valence-corrected chi connectivity index (χ2v) is 21.8. The fourth-order valence-corrected chi connectivity index (χ4v) is 7.77. The van der Waals surface area contributed by atoms with Crippen molar-refractivity contribution in [2.75, 3.05) is 36.9 Å². The van der Waals surface area contributed by atoms with Gasteiger partial charge in [-0.05, 0) is 133 Å². The maximum atomic E-state index is 14.2. The van der Waals surface area contributed by atoms with Crippen molar-refractivity contribution in [3.63, 3.8) is 0 Å². The number of alkyl carbamates (subject to hydrolysis) is 2. The van der Waals surface area contributed by atoms with Crippen molar-refractivity contribution in [2.24, 2.45) is 5.92 Å². The number of carbonyl (C=O) groups excluding carboxylic acids is 6. The van der Waals surface area contributed by atoms with Gasteiger partial charge in [-0.15, -0.1) is 5.10 Å². The van der Waals surface area contributed by atoms with E-state index in [1.54, 1.807) is 117 Å². The molecule has 5 amide bonds. The molecule has 0 spiro atoms. The molecule has 0 aliphatic rings. The van der Waals surface area contributed by atoms with Crippen molar-refractivity contribution in [1.82, 2.24) is 30.5 Å². The monoisotopic (exact) mass is 1060 g/mol. The van der Waals surface area contributed by atoms with Crippen molar-refractivity contribution in [1.29, 1.82) is 0 Å². The number of halogens is 1. The van der Waals surface area contributed by atoms with Gasteiger partial charge in [0.05, 0.1) is 23.6 Å². The summed E-state index contributed by atoms with van der Waals surface area (Å²) in [5.74, 6) is -3.85. The molecule has 2 heterocycles. The van der Waals surface area contributed by atoms with Crippen LogP contribution in [0.4, 0.5) is 36.1 Å². The van der Waals surface area contributed by atoms with Gasteiger partial charge in [0.1, 0.15) is 34.9 Å². The van der Waals surface area contributed by atoms with E-state index in [9.17, 15) is 41.6 Å². The zero-order valence-corrected chi connectivity index (χ0v) is 44.6. The number of nitrogens with one attached hydrogen (secondary N) is 4. The predicted octanol–water partition coefficient (Wildman–Crippen LogP) is 8.19. The lowest BCUT2D eigenvalue weighted by atomic mass is 10.00. The summed E-state index contributed by atoms with van der Waals surface area (Å²) >= 11 is 0. The number of ether oxygens (including phenoxy) is 5. The number of benzene rings is 3. The maximum absolute atomic E-state index is 14.2. The van der Waals surface area contributed by atoms with Crippen molar-refractivity contribution in [3.05, 3.63) is 96.4 Å². The van der Waals surface area contributed by atoms with Crippen LogP contribution in [-0.2, 0) is 43.2 Å². The molecule has 0 aliphatic carbocycles. The second-order valence-electron chi connectivity index (χ2n) is 19.8. The highest BCUT2D eigenvalue weighted by Crippen LogP contribution is 2.36. The molecular weight excluding hydrogens is 996 g/mol. The molecule has 5 aromatic rings. The average Bonchev–Trinajstić information content (AvgIpc) is 3.74. The van der Waals surface area contributed by atoms with E-state index < -0.39 is 87.7 Å². The first-order chi connectivity index (χ1) is 35.1. The molecule has 0 aliphatic heterocycles. The third-order valence-electron chi connectivity index (χ3n) is 11.0. The largest absolute Gasteiger partial charge is 0.495 e. The SMILES string of the molecule is COc1cc(S(C)(=O)=O)ccc1N(C(=O)OCOC(=O)[C@@H](NC(=O)[C@H](CCCCNC(=O)OC(C)(C)C)NC(=O)OC(C)(C)C)C(C)C)c1nc2ccc(-c3ccc(NC(=O)[C@H](C)c4ccc(F)cc4)cc3)cn2n1. The number of esters is 1. The molecule has 0 radical (unpaired) electrons. The number of anilines is 3. The average molecular weight is 1060 g/mol. The molecule has 0 bridgehead atoms. The van der Waals surface area contributed by atoms with Crippen LogP contribution in [0.2, 0.25) is 0 Å². The number of sulfone groups is 1. The molecule has 404 valence electrons. The zero-order valence-electron chi connectivity index (χ0n) is 43.8. The van der Waals surface area contributed by atoms with E-state index >= 15 is 0 Å². The lowest BCUT2D eigenvalue weighted by Gasteiger charge is -2.26. The van der Waals surface area contributed by atoms with Crippen LogP contribution in [0.5, 0.6) is 5.75 Å².